The van der Waals surface area contributed by atoms with Gasteiger partial charge in [0.1, 0.15) is 6.04 Å². The molecule has 0 saturated heterocycles. The van der Waals surface area contributed by atoms with E-state index in [0.29, 0.717) is 0 Å². The van der Waals surface area contributed by atoms with Gasteiger partial charge < -0.3 is 5.32 Å². The van der Waals surface area contributed by atoms with Gasteiger partial charge in [0.25, 0.3) is 11.7 Å². The van der Waals surface area contributed by atoms with Crippen molar-refractivity contribution in [1.29, 1.82) is 0 Å². The second-order valence-corrected chi connectivity index (χ2v) is 3.28. The van der Waals surface area contributed by atoms with Crippen LogP contribution in [-0.4, -0.2) is 21.9 Å². The van der Waals surface area contributed by atoms with Gasteiger partial charge in [-0.25, -0.2) is 0 Å². The lowest BCUT2D eigenvalue weighted by atomic mass is 10.0. The molecule has 0 bridgehead atoms. The van der Waals surface area contributed by atoms with Crippen molar-refractivity contribution in [2.75, 3.05) is 0 Å². The van der Waals surface area contributed by atoms with Crippen molar-refractivity contribution in [3.63, 3.8) is 0 Å². The fourth-order valence-electron chi connectivity index (χ4n) is 1.35. The molecule has 7 heteroatoms. The summed E-state index contributed by atoms with van der Waals surface area (Å²) in [6.45, 7) is 1.75. The summed E-state index contributed by atoms with van der Waals surface area (Å²) in [5.74, 6) is 0. The molecule has 2 atom stereocenters. The molecule has 0 aliphatic heterocycles. The van der Waals surface area contributed by atoms with Crippen LogP contribution < -0.4 is 5.32 Å². The van der Waals surface area contributed by atoms with Crippen molar-refractivity contribution in [3.8, 4) is 0 Å². The van der Waals surface area contributed by atoms with Crippen LogP contribution in [0, 0.1) is 20.2 Å². The minimum absolute atomic E-state index is 0.264. The number of hydrogen-bond donors (Lipinski definition) is 1. The number of allylic oxidation sites excluding steroid dienone is 2. The Kier molecular flexibility index (Phi) is 4.19. The maximum atomic E-state index is 10.8. The van der Waals surface area contributed by atoms with Gasteiger partial charge in [0.05, 0.1) is 11.0 Å². The maximum absolute atomic E-state index is 10.8. The number of rotatable bonds is 4. The van der Waals surface area contributed by atoms with Gasteiger partial charge in [0.2, 0.25) is 0 Å². The van der Waals surface area contributed by atoms with Gasteiger partial charge in [-0.1, -0.05) is 0 Å². The van der Waals surface area contributed by atoms with Crippen LogP contribution in [0.25, 0.3) is 0 Å². The normalized spacial score (nSPS) is 22.1. The molecule has 1 aliphatic carbocycles. The van der Waals surface area contributed by atoms with Crippen LogP contribution in [0.5, 0.6) is 0 Å². The van der Waals surface area contributed by atoms with Gasteiger partial charge in [0, 0.05) is 17.2 Å². The summed E-state index contributed by atoms with van der Waals surface area (Å²) in [7, 11) is 0. The van der Waals surface area contributed by atoms with Crippen molar-refractivity contribution in [2.24, 2.45) is 0 Å². The van der Waals surface area contributed by atoms with E-state index < -0.39 is 21.9 Å². The van der Waals surface area contributed by atoms with Gasteiger partial charge in [-0.2, -0.15) is 0 Å². The molecule has 0 aromatic carbocycles. The number of hydrogen-bond acceptors (Lipinski definition) is 5. The van der Waals surface area contributed by atoms with Crippen LogP contribution in [-0.2, 0) is 0 Å². The van der Waals surface area contributed by atoms with Crippen LogP contribution >= 0.6 is 0 Å². The Labute approximate surface area is 97.1 Å². The molecule has 0 aromatic heterocycles. The molecule has 0 saturated carbocycles. The van der Waals surface area contributed by atoms with Crippen LogP contribution in [0.4, 0.5) is 0 Å². The largest absolute Gasteiger partial charge is 0.372 e. The highest BCUT2D eigenvalue weighted by Crippen LogP contribution is 2.14. The van der Waals surface area contributed by atoms with E-state index in [1.165, 1.54) is 18.4 Å². The third kappa shape index (κ3) is 3.29. The SMILES string of the molecule is CC=C=CNC1C=CC([N+](=O)[O-])=CC1[N+](=O)[O-]. The Balaban J connectivity index is 2.88. The Morgan fingerprint density at radius 2 is 2.18 bits per heavy atom. The van der Waals surface area contributed by atoms with E-state index in [-0.39, 0.29) is 5.70 Å². The highest BCUT2D eigenvalue weighted by Gasteiger charge is 2.33. The van der Waals surface area contributed by atoms with E-state index >= 15 is 0 Å². The summed E-state index contributed by atoms with van der Waals surface area (Å²) < 4.78 is 0. The molecule has 17 heavy (non-hydrogen) atoms. The molecule has 0 heterocycles. The van der Waals surface area contributed by atoms with Crippen LogP contribution in [0.2, 0.25) is 0 Å². The van der Waals surface area contributed by atoms with Gasteiger partial charge >= 0.3 is 0 Å². The predicted molar refractivity (Wildman–Crippen MR) is 60.3 cm³/mol. The van der Waals surface area contributed by atoms with Gasteiger partial charge in [-0.05, 0) is 19.1 Å². The molecule has 0 fully saturated rings. The molecule has 0 aromatic rings. The molecule has 0 spiro atoms. The summed E-state index contributed by atoms with van der Waals surface area (Å²) in [5.41, 5.74) is 2.45. The summed E-state index contributed by atoms with van der Waals surface area (Å²) in [6.07, 6.45) is 6.76. The van der Waals surface area contributed by atoms with Crippen LogP contribution in [0.3, 0.4) is 0 Å². The van der Waals surface area contributed by atoms with Crippen molar-refractivity contribution in [3.05, 3.63) is 62.2 Å². The first-order chi connectivity index (χ1) is 8.06. The first-order valence-electron chi connectivity index (χ1n) is 4.85. The third-order valence-electron chi connectivity index (χ3n) is 2.16. The Bertz CT molecular complexity index is 446. The molecular weight excluding hydrogens is 226 g/mol. The lowest BCUT2D eigenvalue weighted by molar-refractivity contribution is -0.514. The highest BCUT2D eigenvalue weighted by molar-refractivity contribution is 5.23. The monoisotopic (exact) mass is 237 g/mol. The first kappa shape index (κ1) is 12.7. The molecular formula is C10H11N3O4. The second kappa shape index (κ2) is 5.62. The summed E-state index contributed by atoms with van der Waals surface area (Å²) >= 11 is 0. The first-order valence-corrected chi connectivity index (χ1v) is 4.85. The fraction of sp³-hybridized carbons (Fsp3) is 0.300. The van der Waals surface area contributed by atoms with Crippen molar-refractivity contribution < 1.29 is 9.85 Å². The number of nitrogens with zero attached hydrogens (tertiary/aromatic N) is 2. The van der Waals surface area contributed by atoms with Gasteiger partial charge in [-0.15, -0.1) is 5.73 Å². The molecule has 1 aliphatic rings. The van der Waals surface area contributed by atoms with E-state index in [9.17, 15) is 20.2 Å². The molecule has 2 unspecified atom stereocenters. The Hall–Kier alpha value is -2.40. The zero-order valence-electron chi connectivity index (χ0n) is 9.07. The molecule has 1 N–H and O–H groups in total. The lowest BCUT2D eigenvalue weighted by Crippen LogP contribution is -2.41. The van der Waals surface area contributed by atoms with E-state index in [1.54, 1.807) is 13.0 Å². The van der Waals surface area contributed by atoms with Crippen LogP contribution in [0.15, 0.2) is 41.9 Å². The molecule has 0 amide bonds. The minimum atomic E-state index is -1.16. The topological polar surface area (TPSA) is 98.3 Å². The van der Waals surface area contributed by atoms with Crippen molar-refractivity contribution in [2.45, 2.75) is 19.0 Å². The molecule has 1 rings (SSSR count). The second-order valence-electron chi connectivity index (χ2n) is 3.28. The van der Waals surface area contributed by atoms with E-state index in [1.807, 2.05) is 0 Å². The lowest BCUT2D eigenvalue weighted by Gasteiger charge is -2.17. The standard InChI is InChI=1S/C10H11N3O4/c1-2-3-6-11-9-5-4-8(12(14)15)7-10(9)13(16)17/h2,4-7,9-11H,1H3. The smallest absolute Gasteiger partial charge is 0.272 e. The van der Waals surface area contributed by atoms with E-state index in [4.69, 9.17) is 0 Å². The van der Waals surface area contributed by atoms with Crippen molar-refractivity contribution >= 4 is 0 Å². The summed E-state index contributed by atoms with van der Waals surface area (Å²) in [6, 6.07) is -1.77. The Morgan fingerprint density at radius 1 is 1.47 bits per heavy atom. The minimum Gasteiger partial charge on any atom is -0.372 e. The van der Waals surface area contributed by atoms with Crippen molar-refractivity contribution in [1.82, 2.24) is 5.32 Å². The fourth-order valence-corrected chi connectivity index (χ4v) is 1.35. The third-order valence-corrected chi connectivity index (χ3v) is 2.16. The summed E-state index contributed by atoms with van der Waals surface area (Å²) in [5, 5.41) is 24.0. The zero-order chi connectivity index (χ0) is 12.8. The van der Waals surface area contributed by atoms with E-state index in [2.05, 4.69) is 11.0 Å². The average molecular weight is 237 g/mol. The molecule has 7 nitrogen and oxygen atoms in total. The van der Waals surface area contributed by atoms with E-state index in [0.717, 1.165) is 6.08 Å². The summed E-state index contributed by atoms with van der Waals surface area (Å²) in [4.78, 5) is 20.1. The number of nitrogens with one attached hydrogen (secondary N) is 1. The van der Waals surface area contributed by atoms with Crippen LogP contribution in [0.1, 0.15) is 6.92 Å². The van der Waals surface area contributed by atoms with Gasteiger partial charge in [0.15, 0.2) is 0 Å². The highest BCUT2D eigenvalue weighted by atomic mass is 16.6. The number of nitro groups is 2. The molecule has 90 valence electrons. The molecule has 0 radical (unpaired) electrons. The van der Waals surface area contributed by atoms with Gasteiger partial charge in [-0.3, -0.25) is 20.2 Å². The quantitative estimate of drug-likeness (QED) is 0.447. The zero-order valence-corrected chi connectivity index (χ0v) is 9.07. The maximum Gasteiger partial charge on any atom is 0.272 e. The Morgan fingerprint density at radius 3 is 2.71 bits per heavy atom. The predicted octanol–water partition coefficient (Wildman–Crippen LogP) is 1.01. The average Bonchev–Trinajstić information content (AvgIpc) is 2.29.